The van der Waals surface area contributed by atoms with Crippen LogP contribution in [0.5, 0.6) is 0 Å². The number of urea groups is 1. The second-order valence-electron chi connectivity index (χ2n) is 6.13. The number of hydrogen-bond donors (Lipinski definition) is 3. The Kier molecular flexibility index (Phi) is 3.36. The van der Waals surface area contributed by atoms with E-state index in [-0.39, 0.29) is 12.1 Å². The molecule has 1 aliphatic heterocycles. The highest BCUT2D eigenvalue weighted by Crippen LogP contribution is 2.26. The Morgan fingerprint density at radius 2 is 2.00 bits per heavy atom. The number of carbonyl (C=O) groups is 1. The van der Waals surface area contributed by atoms with Gasteiger partial charge in [0.25, 0.3) is 0 Å². The van der Waals surface area contributed by atoms with Gasteiger partial charge in [0.2, 0.25) is 0 Å². The van der Waals surface area contributed by atoms with Gasteiger partial charge in [0.15, 0.2) is 5.65 Å². The predicted molar refractivity (Wildman–Crippen MR) is 87.1 cm³/mol. The second-order valence-corrected chi connectivity index (χ2v) is 6.13. The number of nitrogens with zero attached hydrogens (tertiary/aromatic N) is 4. The Morgan fingerprint density at radius 3 is 2.83 bits per heavy atom. The molecule has 2 aromatic heterocycles. The SMILES string of the molecule is Nc1ccc2c(N3CCC(NC(=O)NC4CC4)C3)ncnc2n1. The highest BCUT2D eigenvalue weighted by Gasteiger charge is 2.28. The Balaban J connectivity index is 1.47. The number of carbonyl (C=O) groups excluding carboxylic acids is 1. The molecular formula is C15H19N7O. The molecule has 1 saturated carbocycles. The number of anilines is 2. The van der Waals surface area contributed by atoms with Gasteiger partial charge in [0.1, 0.15) is 18.0 Å². The molecule has 3 heterocycles. The minimum atomic E-state index is -0.0682. The summed E-state index contributed by atoms with van der Waals surface area (Å²) in [6.45, 7) is 1.57. The summed E-state index contributed by atoms with van der Waals surface area (Å²) < 4.78 is 0. The van der Waals surface area contributed by atoms with E-state index in [9.17, 15) is 4.79 Å². The van der Waals surface area contributed by atoms with Crippen LogP contribution < -0.4 is 21.3 Å². The van der Waals surface area contributed by atoms with Crippen molar-refractivity contribution >= 4 is 28.7 Å². The molecule has 0 spiro atoms. The third-order valence-electron chi connectivity index (χ3n) is 4.23. The van der Waals surface area contributed by atoms with Crippen molar-refractivity contribution in [1.82, 2.24) is 25.6 Å². The first-order chi connectivity index (χ1) is 11.2. The van der Waals surface area contributed by atoms with E-state index in [1.807, 2.05) is 6.07 Å². The Labute approximate surface area is 133 Å². The number of hydrogen-bond acceptors (Lipinski definition) is 6. The lowest BCUT2D eigenvalue weighted by atomic mass is 10.3. The van der Waals surface area contributed by atoms with E-state index >= 15 is 0 Å². The maximum absolute atomic E-state index is 11.9. The molecule has 0 bridgehead atoms. The average molecular weight is 313 g/mol. The lowest BCUT2D eigenvalue weighted by molar-refractivity contribution is 0.237. The number of nitrogens with two attached hydrogens (primary N) is 1. The number of aromatic nitrogens is 3. The van der Waals surface area contributed by atoms with Gasteiger partial charge in [0, 0.05) is 25.2 Å². The van der Waals surface area contributed by atoms with E-state index in [0.717, 1.165) is 43.6 Å². The van der Waals surface area contributed by atoms with Crippen molar-refractivity contribution in [2.45, 2.75) is 31.3 Å². The van der Waals surface area contributed by atoms with Crippen molar-refractivity contribution in [3.8, 4) is 0 Å². The zero-order chi connectivity index (χ0) is 15.8. The van der Waals surface area contributed by atoms with Crippen molar-refractivity contribution in [3.05, 3.63) is 18.5 Å². The summed E-state index contributed by atoms with van der Waals surface area (Å²) >= 11 is 0. The second kappa shape index (κ2) is 5.53. The summed E-state index contributed by atoms with van der Waals surface area (Å²) in [5, 5.41) is 6.87. The molecule has 2 fully saturated rings. The Morgan fingerprint density at radius 1 is 1.17 bits per heavy atom. The van der Waals surface area contributed by atoms with Crippen LogP contribution >= 0.6 is 0 Å². The van der Waals surface area contributed by atoms with E-state index in [0.29, 0.717) is 17.5 Å². The van der Waals surface area contributed by atoms with Gasteiger partial charge in [-0.05, 0) is 31.4 Å². The van der Waals surface area contributed by atoms with E-state index < -0.39 is 0 Å². The van der Waals surface area contributed by atoms with E-state index in [4.69, 9.17) is 5.73 Å². The molecule has 0 radical (unpaired) electrons. The number of nitrogen functional groups attached to an aromatic ring is 1. The predicted octanol–water partition coefficient (Wildman–Crippen LogP) is 0.647. The van der Waals surface area contributed by atoms with Crippen LogP contribution in [0.15, 0.2) is 18.5 Å². The molecule has 23 heavy (non-hydrogen) atoms. The van der Waals surface area contributed by atoms with Crippen molar-refractivity contribution in [2.75, 3.05) is 23.7 Å². The van der Waals surface area contributed by atoms with Gasteiger partial charge in [-0.2, -0.15) is 0 Å². The Hall–Kier alpha value is -2.64. The third kappa shape index (κ3) is 2.96. The summed E-state index contributed by atoms with van der Waals surface area (Å²) in [6.07, 6.45) is 4.58. The van der Waals surface area contributed by atoms with Crippen LogP contribution in [0.2, 0.25) is 0 Å². The van der Waals surface area contributed by atoms with Crippen LogP contribution in [0.3, 0.4) is 0 Å². The number of pyridine rings is 1. The van der Waals surface area contributed by atoms with Crippen molar-refractivity contribution in [3.63, 3.8) is 0 Å². The maximum atomic E-state index is 11.9. The molecule has 8 nitrogen and oxygen atoms in total. The van der Waals surface area contributed by atoms with E-state index in [1.54, 1.807) is 6.07 Å². The molecule has 4 rings (SSSR count). The van der Waals surface area contributed by atoms with Crippen LogP contribution in [0, 0.1) is 0 Å². The fourth-order valence-electron chi connectivity index (χ4n) is 2.91. The molecule has 120 valence electrons. The molecule has 2 amide bonds. The van der Waals surface area contributed by atoms with Crippen LogP contribution in [-0.2, 0) is 0 Å². The number of fused-ring (bicyclic) bond motifs is 1. The van der Waals surface area contributed by atoms with Crippen LogP contribution in [-0.4, -0.2) is 46.2 Å². The normalized spacial score (nSPS) is 20.7. The van der Waals surface area contributed by atoms with Crippen LogP contribution in [0.1, 0.15) is 19.3 Å². The van der Waals surface area contributed by atoms with Crippen molar-refractivity contribution < 1.29 is 4.79 Å². The average Bonchev–Trinajstić information content (AvgIpc) is 3.22. The lowest BCUT2D eigenvalue weighted by Gasteiger charge is -2.19. The first-order valence-corrected chi connectivity index (χ1v) is 7.88. The topological polar surface area (TPSA) is 109 Å². The number of rotatable bonds is 3. The zero-order valence-electron chi connectivity index (χ0n) is 12.7. The quantitative estimate of drug-likeness (QED) is 0.767. The minimum Gasteiger partial charge on any atom is -0.384 e. The largest absolute Gasteiger partial charge is 0.384 e. The third-order valence-corrected chi connectivity index (χ3v) is 4.23. The molecule has 1 aliphatic carbocycles. The standard InChI is InChI=1S/C15H19N7O/c16-12-4-3-11-13(21-12)17-8-18-14(11)22-6-5-10(7-22)20-15(23)19-9-1-2-9/h3-4,8-10H,1-2,5-7H2,(H2,19,20,23)(H2,16,17,18,21). The Bertz CT molecular complexity index is 746. The molecule has 1 saturated heterocycles. The molecule has 1 unspecified atom stereocenters. The van der Waals surface area contributed by atoms with Gasteiger partial charge in [-0.1, -0.05) is 0 Å². The van der Waals surface area contributed by atoms with Gasteiger partial charge in [0.05, 0.1) is 5.39 Å². The molecule has 1 atom stereocenters. The van der Waals surface area contributed by atoms with E-state index in [1.165, 1.54) is 6.33 Å². The van der Waals surface area contributed by atoms with Crippen LogP contribution in [0.25, 0.3) is 11.0 Å². The lowest BCUT2D eigenvalue weighted by Crippen LogP contribution is -2.44. The summed E-state index contributed by atoms with van der Waals surface area (Å²) in [6, 6.07) is 4.08. The first kappa shape index (κ1) is 14.0. The number of amides is 2. The fourth-order valence-corrected chi connectivity index (χ4v) is 2.91. The molecular weight excluding hydrogens is 294 g/mol. The summed E-state index contributed by atoms with van der Waals surface area (Å²) in [5.74, 6) is 1.29. The summed E-state index contributed by atoms with van der Waals surface area (Å²) in [7, 11) is 0. The van der Waals surface area contributed by atoms with Crippen LogP contribution in [0.4, 0.5) is 16.4 Å². The van der Waals surface area contributed by atoms with Gasteiger partial charge in [-0.25, -0.2) is 19.7 Å². The molecule has 0 aromatic carbocycles. The highest BCUT2D eigenvalue weighted by molar-refractivity contribution is 5.87. The van der Waals surface area contributed by atoms with Gasteiger partial charge in [-0.15, -0.1) is 0 Å². The molecule has 2 aliphatic rings. The monoisotopic (exact) mass is 313 g/mol. The summed E-state index contributed by atoms with van der Waals surface area (Å²) in [4.78, 5) is 26.8. The maximum Gasteiger partial charge on any atom is 0.315 e. The van der Waals surface area contributed by atoms with Gasteiger partial charge >= 0.3 is 6.03 Å². The van der Waals surface area contributed by atoms with Crippen molar-refractivity contribution in [1.29, 1.82) is 0 Å². The molecule has 2 aromatic rings. The minimum absolute atomic E-state index is 0.0682. The van der Waals surface area contributed by atoms with E-state index in [2.05, 4.69) is 30.5 Å². The fraction of sp³-hybridized carbons (Fsp3) is 0.467. The first-order valence-electron chi connectivity index (χ1n) is 7.88. The highest BCUT2D eigenvalue weighted by atomic mass is 16.2. The number of nitrogens with one attached hydrogen (secondary N) is 2. The molecule has 4 N–H and O–H groups in total. The van der Waals surface area contributed by atoms with Crippen molar-refractivity contribution in [2.24, 2.45) is 0 Å². The van der Waals surface area contributed by atoms with Gasteiger partial charge in [-0.3, -0.25) is 0 Å². The van der Waals surface area contributed by atoms with Gasteiger partial charge < -0.3 is 21.3 Å². The smallest absolute Gasteiger partial charge is 0.315 e. The summed E-state index contributed by atoms with van der Waals surface area (Å²) in [5.41, 5.74) is 6.30. The molecule has 8 heteroatoms. The zero-order valence-corrected chi connectivity index (χ0v) is 12.7.